The Morgan fingerprint density at radius 3 is 2.84 bits per heavy atom. The maximum atomic E-state index is 11.6. The zero-order valence-electron chi connectivity index (χ0n) is 9.97. The summed E-state index contributed by atoms with van der Waals surface area (Å²) in [5, 5.41) is 11.4. The van der Waals surface area contributed by atoms with Gasteiger partial charge in [0.15, 0.2) is 9.84 Å². The molecule has 0 amide bonds. The molecule has 0 saturated carbocycles. The third-order valence-corrected chi connectivity index (χ3v) is 5.61. The van der Waals surface area contributed by atoms with E-state index in [9.17, 15) is 13.2 Å². The van der Waals surface area contributed by atoms with Gasteiger partial charge in [0.1, 0.15) is 5.82 Å². The SMILES string of the molecule is O=C(O)c1cnc(NCC2CCCS2(=O)=O)c(Cl)c1. The molecule has 1 aliphatic heterocycles. The highest BCUT2D eigenvalue weighted by atomic mass is 35.5. The van der Waals surface area contributed by atoms with E-state index in [0.29, 0.717) is 18.7 Å². The van der Waals surface area contributed by atoms with E-state index in [4.69, 9.17) is 16.7 Å². The molecule has 19 heavy (non-hydrogen) atoms. The molecule has 2 heterocycles. The smallest absolute Gasteiger partial charge is 0.337 e. The molecule has 2 N–H and O–H groups in total. The summed E-state index contributed by atoms with van der Waals surface area (Å²) in [6.07, 6.45) is 2.48. The monoisotopic (exact) mass is 304 g/mol. The van der Waals surface area contributed by atoms with Gasteiger partial charge in [-0.15, -0.1) is 0 Å². The highest BCUT2D eigenvalue weighted by molar-refractivity contribution is 7.92. The van der Waals surface area contributed by atoms with Crippen LogP contribution in [0.4, 0.5) is 5.82 Å². The Morgan fingerprint density at radius 1 is 1.58 bits per heavy atom. The molecule has 0 bridgehead atoms. The Hall–Kier alpha value is -1.34. The molecule has 6 nitrogen and oxygen atoms in total. The first-order chi connectivity index (χ1) is 8.90. The first kappa shape index (κ1) is 14.1. The van der Waals surface area contributed by atoms with Crippen LogP contribution < -0.4 is 5.32 Å². The molecule has 1 aromatic rings. The molecule has 104 valence electrons. The van der Waals surface area contributed by atoms with Crippen LogP contribution in [-0.2, 0) is 9.84 Å². The van der Waals surface area contributed by atoms with Crippen LogP contribution in [0, 0.1) is 0 Å². The molecule has 0 spiro atoms. The van der Waals surface area contributed by atoms with Crippen molar-refractivity contribution in [1.82, 2.24) is 4.98 Å². The first-order valence-corrected chi connectivity index (χ1v) is 7.84. The van der Waals surface area contributed by atoms with Crippen LogP contribution in [-0.4, -0.2) is 42.0 Å². The lowest BCUT2D eigenvalue weighted by Gasteiger charge is -2.12. The van der Waals surface area contributed by atoms with Crippen LogP contribution in [0.25, 0.3) is 0 Å². The maximum absolute atomic E-state index is 11.6. The van der Waals surface area contributed by atoms with Gasteiger partial charge < -0.3 is 10.4 Å². The van der Waals surface area contributed by atoms with Gasteiger partial charge in [-0.1, -0.05) is 11.6 Å². The van der Waals surface area contributed by atoms with Crippen molar-refractivity contribution >= 4 is 33.2 Å². The minimum atomic E-state index is -3.02. The number of hydrogen-bond acceptors (Lipinski definition) is 5. The number of aromatic carboxylic acids is 1. The van der Waals surface area contributed by atoms with Crippen molar-refractivity contribution < 1.29 is 18.3 Å². The Morgan fingerprint density at radius 2 is 2.32 bits per heavy atom. The van der Waals surface area contributed by atoms with Gasteiger partial charge in [0.05, 0.1) is 21.6 Å². The molecule has 2 rings (SSSR count). The van der Waals surface area contributed by atoms with Crippen LogP contribution in [0.2, 0.25) is 5.02 Å². The molecule has 1 saturated heterocycles. The molecular formula is C11H13ClN2O4S. The van der Waals surface area contributed by atoms with Gasteiger partial charge >= 0.3 is 5.97 Å². The van der Waals surface area contributed by atoms with Crippen molar-refractivity contribution in [2.45, 2.75) is 18.1 Å². The van der Waals surface area contributed by atoms with Crippen molar-refractivity contribution in [1.29, 1.82) is 0 Å². The molecular weight excluding hydrogens is 292 g/mol. The minimum absolute atomic E-state index is 0.0102. The molecule has 8 heteroatoms. The molecule has 1 unspecified atom stereocenters. The summed E-state index contributed by atoms with van der Waals surface area (Å²) in [5.41, 5.74) is -0.0102. The molecule has 0 aliphatic carbocycles. The topological polar surface area (TPSA) is 96.4 Å². The predicted molar refractivity (Wildman–Crippen MR) is 71.5 cm³/mol. The van der Waals surface area contributed by atoms with E-state index in [1.54, 1.807) is 0 Å². The Balaban J connectivity index is 2.06. The van der Waals surface area contributed by atoms with Gasteiger partial charge in [0.2, 0.25) is 0 Å². The van der Waals surface area contributed by atoms with Crippen molar-refractivity contribution in [2.75, 3.05) is 17.6 Å². The fourth-order valence-corrected chi connectivity index (χ4v) is 3.98. The van der Waals surface area contributed by atoms with Crippen molar-refractivity contribution in [2.24, 2.45) is 0 Å². The second-order valence-corrected chi connectivity index (χ2v) is 7.18. The van der Waals surface area contributed by atoms with E-state index < -0.39 is 21.1 Å². The summed E-state index contributed by atoms with van der Waals surface area (Å²) in [5.74, 6) is -0.591. The van der Waals surface area contributed by atoms with E-state index in [0.717, 1.165) is 0 Å². The number of nitrogens with zero attached hydrogens (tertiary/aromatic N) is 1. The number of nitrogens with one attached hydrogen (secondary N) is 1. The standard InChI is InChI=1S/C11H13ClN2O4S/c12-9-4-7(11(15)16)5-13-10(9)14-6-8-2-1-3-19(8,17)18/h4-5,8H,1-3,6H2,(H,13,14)(H,15,16). The summed E-state index contributed by atoms with van der Waals surface area (Å²) in [6, 6.07) is 1.28. The van der Waals surface area contributed by atoms with E-state index >= 15 is 0 Å². The Bertz CT molecular complexity index is 603. The second-order valence-electron chi connectivity index (χ2n) is 4.37. The van der Waals surface area contributed by atoms with Gasteiger partial charge in [-0.3, -0.25) is 0 Å². The average molecular weight is 305 g/mol. The van der Waals surface area contributed by atoms with Crippen molar-refractivity contribution in [3.63, 3.8) is 0 Å². The van der Waals surface area contributed by atoms with Crippen LogP contribution in [0.3, 0.4) is 0 Å². The zero-order valence-corrected chi connectivity index (χ0v) is 11.5. The average Bonchev–Trinajstić information content (AvgIpc) is 2.66. The number of sulfone groups is 1. The quantitative estimate of drug-likeness (QED) is 0.873. The number of anilines is 1. The van der Waals surface area contributed by atoms with Crippen LogP contribution in [0.15, 0.2) is 12.3 Å². The highest BCUT2D eigenvalue weighted by Crippen LogP contribution is 2.23. The molecule has 1 fully saturated rings. The van der Waals surface area contributed by atoms with E-state index in [1.165, 1.54) is 12.3 Å². The Labute approximate surface area is 115 Å². The van der Waals surface area contributed by atoms with Crippen LogP contribution in [0.1, 0.15) is 23.2 Å². The van der Waals surface area contributed by atoms with E-state index in [2.05, 4.69) is 10.3 Å². The fourth-order valence-electron chi connectivity index (χ4n) is 1.98. The van der Waals surface area contributed by atoms with E-state index in [1.807, 2.05) is 0 Å². The lowest BCUT2D eigenvalue weighted by atomic mass is 10.2. The highest BCUT2D eigenvalue weighted by Gasteiger charge is 2.31. The molecule has 0 aromatic carbocycles. The third-order valence-electron chi connectivity index (χ3n) is 3.05. The van der Waals surface area contributed by atoms with Gasteiger partial charge in [-0.2, -0.15) is 0 Å². The van der Waals surface area contributed by atoms with Gasteiger partial charge in [0, 0.05) is 12.7 Å². The number of rotatable bonds is 4. The van der Waals surface area contributed by atoms with Crippen LogP contribution in [0.5, 0.6) is 0 Å². The fraction of sp³-hybridized carbons (Fsp3) is 0.455. The molecule has 1 atom stereocenters. The summed E-state index contributed by atoms with van der Waals surface area (Å²) >= 11 is 5.89. The van der Waals surface area contributed by atoms with Crippen LogP contribution >= 0.6 is 11.6 Å². The summed E-state index contributed by atoms with van der Waals surface area (Å²) in [4.78, 5) is 14.6. The number of carbonyl (C=O) groups is 1. The third kappa shape index (κ3) is 3.16. The number of halogens is 1. The zero-order chi connectivity index (χ0) is 14.0. The van der Waals surface area contributed by atoms with Gasteiger partial charge in [0.25, 0.3) is 0 Å². The lowest BCUT2D eigenvalue weighted by Crippen LogP contribution is -2.25. The summed E-state index contributed by atoms with van der Waals surface area (Å²) in [6.45, 7) is 0.238. The number of aromatic nitrogens is 1. The number of pyridine rings is 1. The molecule has 0 radical (unpaired) electrons. The van der Waals surface area contributed by atoms with Gasteiger partial charge in [-0.05, 0) is 18.9 Å². The second kappa shape index (κ2) is 5.34. The van der Waals surface area contributed by atoms with Gasteiger partial charge in [-0.25, -0.2) is 18.2 Å². The number of carboxylic acids is 1. The normalized spacial score (nSPS) is 21.2. The molecule has 1 aliphatic rings. The number of carboxylic acid groups (broad SMARTS) is 1. The minimum Gasteiger partial charge on any atom is -0.478 e. The first-order valence-electron chi connectivity index (χ1n) is 5.74. The maximum Gasteiger partial charge on any atom is 0.337 e. The summed E-state index contributed by atoms with van der Waals surface area (Å²) in [7, 11) is -3.02. The summed E-state index contributed by atoms with van der Waals surface area (Å²) < 4.78 is 23.3. The van der Waals surface area contributed by atoms with E-state index in [-0.39, 0.29) is 22.9 Å². The molecule has 1 aromatic heterocycles. The lowest BCUT2D eigenvalue weighted by molar-refractivity contribution is 0.0696. The Kier molecular flexibility index (Phi) is 3.96. The number of hydrogen-bond donors (Lipinski definition) is 2. The largest absolute Gasteiger partial charge is 0.478 e. The predicted octanol–water partition coefficient (Wildman–Crippen LogP) is 1.42. The van der Waals surface area contributed by atoms with Crippen molar-refractivity contribution in [3.8, 4) is 0 Å². The van der Waals surface area contributed by atoms with Crippen molar-refractivity contribution in [3.05, 3.63) is 22.8 Å².